The van der Waals surface area contributed by atoms with E-state index in [4.69, 9.17) is 11.6 Å². The summed E-state index contributed by atoms with van der Waals surface area (Å²) in [7, 11) is 0. The smallest absolute Gasteiger partial charge is 0.271 e. The van der Waals surface area contributed by atoms with Gasteiger partial charge < -0.3 is 10.6 Å². The summed E-state index contributed by atoms with van der Waals surface area (Å²) in [5, 5.41) is 6.96. The first-order chi connectivity index (χ1) is 12.2. The average molecular weight is 359 g/mol. The highest BCUT2D eigenvalue weighted by molar-refractivity contribution is 6.31. The molecule has 1 saturated carbocycles. The molecule has 2 N–H and O–H groups in total. The molecular weight excluding hydrogens is 336 g/mol. The Morgan fingerprint density at radius 1 is 1.08 bits per heavy atom. The van der Waals surface area contributed by atoms with Crippen molar-refractivity contribution in [3.05, 3.63) is 52.9 Å². The van der Waals surface area contributed by atoms with Crippen LogP contribution in [0, 0.1) is 0 Å². The number of nitrogens with zero attached hydrogens (tertiary/aromatic N) is 2. The predicted octanol–water partition coefficient (Wildman–Crippen LogP) is 4.19. The van der Waals surface area contributed by atoms with Crippen molar-refractivity contribution in [3.8, 4) is 0 Å². The Bertz CT molecular complexity index is 697. The lowest BCUT2D eigenvalue weighted by atomic mass is 10.1. The molecule has 0 spiro atoms. The third-order valence-electron chi connectivity index (χ3n) is 4.49. The maximum absolute atomic E-state index is 12.3. The summed E-state index contributed by atoms with van der Waals surface area (Å²) in [6.45, 7) is 0.558. The van der Waals surface area contributed by atoms with Crippen LogP contribution in [0.5, 0.6) is 0 Å². The molecule has 2 aromatic rings. The molecule has 0 bridgehead atoms. The van der Waals surface area contributed by atoms with Crippen LogP contribution < -0.4 is 10.6 Å². The number of aromatic nitrogens is 2. The highest BCUT2D eigenvalue weighted by Crippen LogP contribution is 2.18. The fourth-order valence-electron chi connectivity index (χ4n) is 3.05. The number of halogens is 1. The van der Waals surface area contributed by atoms with E-state index in [2.05, 4.69) is 20.6 Å². The van der Waals surface area contributed by atoms with Crippen LogP contribution in [0.25, 0.3) is 0 Å². The van der Waals surface area contributed by atoms with Crippen LogP contribution in [-0.4, -0.2) is 21.9 Å². The third-order valence-corrected chi connectivity index (χ3v) is 4.86. The normalized spacial score (nSPS) is 15.4. The second kappa shape index (κ2) is 8.81. The van der Waals surface area contributed by atoms with Crippen LogP contribution in [-0.2, 0) is 6.54 Å². The first kappa shape index (κ1) is 17.7. The van der Waals surface area contributed by atoms with Gasteiger partial charge in [-0.25, -0.2) is 9.97 Å². The van der Waals surface area contributed by atoms with Gasteiger partial charge in [-0.05, 0) is 24.5 Å². The highest BCUT2D eigenvalue weighted by Gasteiger charge is 2.16. The van der Waals surface area contributed by atoms with E-state index in [0.29, 0.717) is 23.1 Å². The molecule has 3 rings (SSSR count). The van der Waals surface area contributed by atoms with Gasteiger partial charge in [0.05, 0.1) is 12.4 Å². The van der Waals surface area contributed by atoms with Crippen molar-refractivity contribution < 1.29 is 4.79 Å². The molecule has 0 unspecified atom stereocenters. The number of hydrogen-bond acceptors (Lipinski definition) is 4. The number of hydrogen-bond donors (Lipinski definition) is 2. The predicted molar refractivity (Wildman–Crippen MR) is 99.8 cm³/mol. The Kier molecular flexibility index (Phi) is 6.23. The number of amides is 1. The van der Waals surface area contributed by atoms with Gasteiger partial charge in [0, 0.05) is 17.6 Å². The second-order valence-electron chi connectivity index (χ2n) is 6.39. The van der Waals surface area contributed by atoms with Gasteiger partial charge in [0.2, 0.25) is 0 Å². The van der Waals surface area contributed by atoms with Gasteiger partial charge in [-0.15, -0.1) is 0 Å². The van der Waals surface area contributed by atoms with E-state index >= 15 is 0 Å². The second-order valence-corrected chi connectivity index (χ2v) is 6.80. The van der Waals surface area contributed by atoms with E-state index in [1.54, 1.807) is 6.20 Å². The lowest BCUT2D eigenvalue weighted by molar-refractivity contribution is 0.0928. The van der Waals surface area contributed by atoms with Crippen molar-refractivity contribution in [2.75, 3.05) is 5.32 Å². The number of benzene rings is 1. The van der Waals surface area contributed by atoms with Crippen LogP contribution in [0.1, 0.15) is 54.6 Å². The van der Waals surface area contributed by atoms with E-state index in [0.717, 1.165) is 18.4 Å². The van der Waals surface area contributed by atoms with Crippen LogP contribution >= 0.6 is 11.6 Å². The Morgan fingerprint density at radius 3 is 2.52 bits per heavy atom. The molecule has 6 heteroatoms. The quantitative estimate of drug-likeness (QED) is 0.786. The largest absolute Gasteiger partial charge is 0.365 e. The number of anilines is 1. The van der Waals surface area contributed by atoms with Gasteiger partial charge in [-0.1, -0.05) is 55.5 Å². The molecule has 25 heavy (non-hydrogen) atoms. The van der Waals surface area contributed by atoms with Crippen LogP contribution in [0.2, 0.25) is 5.02 Å². The van der Waals surface area contributed by atoms with Gasteiger partial charge in [0.15, 0.2) is 0 Å². The van der Waals surface area contributed by atoms with E-state index in [1.807, 2.05) is 24.3 Å². The zero-order chi connectivity index (χ0) is 17.5. The fraction of sp³-hybridized carbons (Fsp3) is 0.421. The average Bonchev–Trinajstić information content (AvgIpc) is 2.90. The van der Waals surface area contributed by atoms with E-state index in [1.165, 1.54) is 31.9 Å². The molecule has 1 amide bonds. The monoisotopic (exact) mass is 358 g/mol. The summed E-state index contributed by atoms with van der Waals surface area (Å²) < 4.78 is 0. The molecule has 1 aromatic carbocycles. The molecule has 0 saturated heterocycles. The molecule has 1 aliphatic carbocycles. The highest BCUT2D eigenvalue weighted by atomic mass is 35.5. The van der Waals surface area contributed by atoms with E-state index in [-0.39, 0.29) is 11.9 Å². The molecule has 1 fully saturated rings. The maximum Gasteiger partial charge on any atom is 0.271 e. The van der Waals surface area contributed by atoms with Crippen molar-refractivity contribution in [3.63, 3.8) is 0 Å². The van der Waals surface area contributed by atoms with Gasteiger partial charge in [-0.3, -0.25) is 4.79 Å². The Labute approximate surface area is 153 Å². The van der Waals surface area contributed by atoms with E-state index < -0.39 is 0 Å². The summed E-state index contributed by atoms with van der Waals surface area (Å²) in [4.78, 5) is 20.8. The SMILES string of the molecule is O=C(NC1CCCCCC1)c1cnc(NCc2ccccc2Cl)cn1. The molecule has 0 atom stereocenters. The van der Waals surface area contributed by atoms with Gasteiger partial charge >= 0.3 is 0 Å². The van der Waals surface area contributed by atoms with Crippen molar-refractivity contribution in [2.24, 2.45) is 0 Å². The Morgan fingerprint density at radius 2 is 1.84 bits per heavy atom. The van der Waals surface area contributed by atoms with Crippen molar-refractivity contribution in [1.29, 1.82) is 0 Å². The minimum Gasteiger partial charge on any atom is -0.365 e. The minimum atomic E-state index is -0.142. The zero-order valence-corrected chi connectivity index (χ0v) is 14.9. The van der Waals surface area contributed by atoms with Gasteiger partial charge in [0.1, 0.15) is 11.5 Å². The molecule has 0 aliphatic heterocycles. The van der Waals surface area contributed by atoms with Crippen LogP contribution in [0.4, 0.5) is 5.82 Å². The summed E-state index contributed by atoms with van der Waals surface area (Å²) in [6.07, 6.45) is 10.1. The van der Waals surface area contributed by atoms with Gasteiger partial charge in [0.25, 0.3) is 5.91 Å². The first-order valence-corrected chi connectivity index (χ1v) is 9.20. The lowest BCUT2D eigenvalue weighted by Crippen LogP contribution is -2.34. The van der Waals surface area contributed by atoms with Crippen molar-refractivity contribution in [1.82, 2.24) is 15.3 Å². The van der Waals surface area contributed by atoms with Crippen molar-refractivity contribution in [2.45, 2.75) is 51.1 Å². The molecule has 5 nitrogen and oxygen atoms in total. The van der Waals surface area contributed by atoms with Crippen LogP contribution in [0.3, 0.4) is 0 Å². The molecule has 1 aliphatic rings. The molecule has 132 valence electrons. The molecular formula is C19H23ClN4O. The molecule has 1 heterocycles. The molecule has 1 aromatic heterocycles. The first-order valence-electron chi connectivity index (χ1n) is 8.82. The summed E-state index contributed by atoms with van der Waals surface area (Å²) in [6, 6.07) is 7.90. The summed E-state index contributed by atoms with van der Waals surface area (Å²) in [5.41, 5.74) is 1.34. The maximum atomic E-state index is 12.3. The number of carbonyl (C=O) groups excluding carboxylic acids is 1. The molecule has 0 radical (unpaired) electrons. The topological polar surface area (TPSA) is 66.9 Å². The standard InChI is InChI=1S/C19H23ClN4O/c20-16-10-6-5-7-14(16)11-22-18-13-21-17(12-23-18)19(25)24-15-8-3-1-2-4-9-15/h5-7,10,12-13,15H,1-4,8-9,11H2,(H,22,23)(H,24,25). The van der Waals surface area contributed by atoms with Gasteiger partial charge in [-0.2, -0.15) is 0 Å². The third kappa shape index (κ3) is 5.16. The fourth-order valence-corrected chi connectivity index (χ4v) is 3.25. The van der Waals surface area contributed by atoms with E-state index in [9.17, 15) is 4.79 Å². The summed E-state index contributed by atoms with van der Waals surface area (Å²) >= 11 is 6.13. The lowest BCUT2D eigenvalue weighted by Gasteiger charge is -2.15. The number of carbonyl (C=O) groups is 1. The summed E-state index contributed by atoms with van der Waals surface area (Å²) in [5.74, 6) is 0.475. The van der Waals surface area contributed by atoms with Crippen LogP contribution in [0.15, 0.2) is 36.7 Å². The number of nitrogens with one attached hydrogen (secondary N) is 2. The number of rotatable bonds is 5. The zero-order valence-electron chi connectivity index (χ0n) is 14.2. The van der Waals surface area contributed by atoms with Crippen molar-refractivity contribution >= 4 is 23.3 Å². The Balaban J connectivity index is 1.54. The minimum absolute atomic E-state index is 0.142. The Hall–Kier alpha value is -2.14.